The van der Waals surface area contributed by atoms with Crippen LogP contribution in [0.3, 0.4) is 0 Å². The minimum Gasteiger partial charge on any atom is -0.394 e. The van der Waals surface area contributed by atoms with Gasteiger partial charge in [-0.15, -0.1) is 0 Å². The molecule has 3 N–H and O–H groups in total. The van der Waals surface area contributed by atoms with E-state index in [1.807, 2.05) is 4.68 Å². The SMILES string of the molecule is COCCCn1ncc(N)c1N1CCC(O)C1. The molecular weight excluding hydrogens is 220 g/mol. The summed E-state index contributed by atoms with van der Waals surface area (Å²) < 4.78 is 6.92. The second-order valence-corrected chi connectivity index (χ2v) is 4.38. The molecule has 1 aliphatic rings. The third-order valence-corrected chi connectivity index (χ3v) is 3.02. The normalized spacial score (nSPS) is 20.1. The molecule has 0 spiro atoms. The number of aliphatic hydroxyl groups excluding tert-OH is 1. The van der Waals surface area contributed by atoms with Crippen LogP contribution in [0, 0.1) is 0 Å². The Labute approximate surface area is 101 Å². The summed E-state index contributed by atoms with van der Waals surface area (Å²) in [6.45, 7) is 2.97. The topological polar surface area (TPSA) is 76.5 Å². The number of methoxy groups -OCH3 is 1. The van der Waals surface area contributed by atoms with E-state index in [2.05, 4.69) is 10.00 Å². The lowest BCUT2D eigenvalue weighted by Gasteiger charge is -2.20. The lowest BCUT2D eigenvalue weighted by atomic mass is 10.3. The molecule has 1 saturated heterocycles. The van der Waals surface area contributed by atoms with Crippen molar-refractivity contribution in [2.45, 2.75) is 25.5 Å². The van der Waals surface area contributed by atoms with Gasteiger partial charge in [-0.25, -0.2) is 4.68 Å². The highest BCUT2D eigenvalue weighted by Crippen LogP contribution is 2.26. The van der Waals surface area contributed by atoms with E-state index in [9.17, 15) is 5.11 Å². The first-order chi connectivity index (χ1) is 8.22. The van der Waals surface area contributed by atoms with E-state index < -0.39 is 0 Å². The summed E-state index contributed by atoms with van der Waals surface area (Å²) in [6.07, 6.45) is 3.12. The number of aromatic nitrogens is 2. The van der Waals surface area contributed by atoms with Gasteiger partial charge in [-0.1, -0.05) is 0 Å². The number of nitrogens with two attached hydrogens (primary N) is 1. The Balaban J connectivity index is 2.06. The highest BCUT2D eigenvalue weighted by atomic mass is 16.5. The fourth-order valence-corrected chi connectivity index (χ4v) is 2.20. The predicted octanol–water partition coefficient (Wildman–Crippen LogP) is 0.0728. The van der Waals surface area contributed by atoms with Gasteiger partial charge in [0.15, 0.2) is 0 Å². The van der Waals surface area contributed by atoms with Gasteiger partial charge in [0.2, 0.25) is 0 Å². The van der Waals surface area contributed by atoms with E-state index in [1.165, 1.54) is 0 Å². The minimum absolute atomic E-state index is 0.253. The van der Waals surface area contributed by atoms with Crippen molar-refractivity contribution in [1.82, 2.24) is 9.78 Å². The number of aliphatic hydroxyl groups is 1. The van der Waals surface area contributed by atoms with E-state index in [0.29, 0.717) is 18.8 Å². The zero-order valence-electron chi connectivity index (χ0n) is 10.2. The van der Waals surface area contributed by atoms with Crippen molar-refractivity contribution in [2.24, 2.45) is 0 Å². The summed E-state index contributed by atoms with van der Waals surface area (Å²) in [5.74, 6) is 0.928. The number of rotatable bonds is 5. The van der Waals surface area contributed by atoms with E-state index >= 15 is 0 Å². The van der Waals surface area contributed by atoms with Crippen molar-refractivity contribution in [2.75, 3.05) is 37.4 Å². The molecule has 17 heavy (non-hydrogen) atoms. The van der Waals surface area contributed by atoms with Gasteiger partial charge in [0, 0.05) is 33.4 Å². The summed E-state index contributed by atoms with van der Waals surface area (Å²) in [4.78, 5) is 2.10. The van der Waals surface area contributed by atoms with Crippen molar-refractivity contribution >= 4 is 11.5 Å². The van der Waals surface area contributed by atoms with E-state index in [1.54, 1.807) is 13.3 Å². The first kappa shape index (κ1) is 12.2. The lowest BCUT2D eigenvalue weighted by molar-refractivity contribution is 0.189. The molecule has 0 amide bonds. The number of aryl methyl sites for hydroxylation is 1. The van der Waals surface area contributed by atoms with Gasteiger partial charge in [0.05, 0.1) is 18.0 Å². The Morgan fingerprint density at radius 3 is 3.12 bits per heavy atom. The molecule has 1 atom stereocenters. The first-order valence-corrected chi connectivity index (χ1v) is 5.95. The van der Waals surface area contributed by atoms with Gasteiger partial charge in [-0.05, 0) is 12.8 Å². The number of hydrogen-bond donors (Lipinski definition) is 2. The second kappa shape index (κ2) is 5.37. The average Bonchev–Trinajstić information content (AvgIpc) is 2.86. The van der Waals surface area contributed by atoms with Crippen LogP contribution in [-0.2, 0) is 11.3 Å². The number of nitrogen functional groups attached to an aromatic ring is 1. The third-order valence-electron chi connectivity index (χ3n) is 3.02. The molecule has 0 aromatic carbocycles. The largest absolute Gasteiger partial charge is 0.394 e. The fourth-order valence-electron chi connectivity index (χ4n) is 2.20. The van der Waals surface area contributed by atoms with Crippen LogP contribution in [0.25, 0.3) is 0 Å². The van der Waals surface area contributed by atoms with Crippen molar-refractivity contribution in [3.63, 3.8) is 0 Å². The number of hydrogen-bond acceptors (Lipinski definition) is 5. The van der Waals surface area contributed by atoms with E-state index in [0.717, 1.165) is 31.7 Å². The van der Waals surface area contributed by atoms with Gasteiger partial charge in [0.25, 0.3) is 0 Å². The predicted molar refractivity (Wildman–Crippen MR) is 66.0 cm³/mol. The average molecular weight is 240 g/mol. The highest BCUT2D eigenvalue weighted by molar-refractivity contribution is 5.63. The molecule has 1 aromatic heterocycles. The van der Waals surface area contributed by atoms with E-state index in [4.69, 9.17) is 10.5 Å². The van der Waals surface area contributed by atoms with Crippen LogP contribution in [0.4, 0.5) is 11.5 Å². The maximum Gasteiger partial charge on any atom is 0.150 e. The molecule has 0 bridgehead atoms. The molecular formula is C11H20N4O2. The molecule has 2 rings (SSSR count). The summed E-state index contributed by atoms with van der Waals surface area (Å²) in [7, 11) is 1.69. The molecule has 1 unspecified atom stereocenters. The molecule has 2 heterocycles. The monoisotopic (exact) mass is 240 g/mol. The molecule has 1 aromatic rings. The van der Waals surface area contributed by atoms with Gasteiger partial charge in [-0.2, -0.15) is 5.10 Å². The van der Waals surface area contributed by atoms with Crippen LogP contribution >= 0.6 is 0 Å². The molecule has 0 aliphatic carbocycles. The van der Waals surface area contributed by atoms with Crippen LogP contribution in [0.15, 0.2) is 6.20 Å². The molecule has 0 radical (unpaired) electrons. The Bertz CT molecular complexity index is 366. The molecule has 6 heteroatoms. The van der Waals surface area contributed by atoms with Crippen LogP contribution < -0.4 is 10.6 Å². The number of anilines is 2. The molecule has 0 saturated carbocycles. The second-order valence-electron chi connectivity index (χ2n) is 4.38. The summed E-state index contributed by atoms with van der Waals surface area (Å²) in [5.41, 5.74) is 6.61. The highest BCUT2D eigenvalue weighted by Gasteiger charge is 2.24. The Hall–Kier alpha value is -1.27. The Kier molecular flexibility index (Phi) is 3.86. The molecule has 1 aliphatic heterocycles. The van der Waals surface area contributed by atoms with Crippen LogP contribution in [-0.4, -0.2) is 47.8 Å². The maximum absolute atomic E-state index is 9.56. The van der Waals surface area contributed by atoms with Gasteiger partial charge < -0.3 is 20.5 Å². The first-order valence-electron chi connectivity index (χ1n) is 5.95. The van der Waals surface area contributed by atoms with Crippen molar-refractivity contribution < 1.29 is 9.84 Å². The smallest absolute Gasteiger partial charge is 0.150 e. The Morgan fingerprint density at radius 2 is 2.47 bits per heavy atom. The van der Waals surface area contributed by atoms with Crippen molar-refractivity contribution in [1.29, 1.82) is 0 Å². The number of nitrogens with zero attached hydrogens (tertiary/aromatic N) is 3. The summed E-state index contributed by atoms with van der Waals surface area (Å²) in [5, 5.41) is 13.8. The summed E-state index contributed by atoms with van der Waals surface area (Å²) >= 11 is 0. The molecule has 96 valence electrons. The van der Waals surface area contributed by atoms with Gasteiger partial charge in [-0.3, -0.25) is 0 Å². The minimum atomic E-state index is -0.253. The van der Waals surface area contributed by atoms with Crippen molar-refractivity contribution in [3.8, 4) is 0 Å². The lowest BCUT2D eigenvalue weighted by Crippen LogP contribution is -2.25. The maximum atomic E-state index is 9.56. The zero-order valence-corrected chi connectivity index (χ0v) is 10.2. The Morgan fingerprint density at radius 1 is 1.65 bits per heavy atom. The molecule has 6 nitrogen and oxygen atoms in total. The van der Waals surface area contributed by atoms with Gasteiger partial charge in [0.1, 0.15) is 5.82 Å². The quantitative estimate of drug-likeness (QED) is 0.712. The standard InChI is InChI=1S/C11H20N4O2/c1-17-6-2-4-15-11(10(12)7-13-15)14-5-3-9(16)8-14/h7,9,16H,2-6,8,12H2,1H3. The van der Waals surface area contributed by atoms with Gasteiger partial charge >= 0.3 is 0 Å². The fraction of sp³-hybridized carbons (Fsp3) is 0.727. The van der Waals surface area contributed by atoms with Crippen LogP contribution in [0.1, 0.15) is 12.8 Å². The molecule has 1 fully saturated rings. The summed E-state index contributed by atoms with van der Waals surface area (Å²) in [6, 6.07) is 0. The third kappa shape index (κ3) is 2.70. The van der Waals surface area contributed by atoms with Crippen LogP contribution in [0.5, 0.6) is 0 Å². The van der Waals surface area contributed by atoms with E-state index in [-0.39, 0.29) is 6.10 Å². The number of ether oxygens (including phenoxy) is 1. The number of β-amino-alcohol motifs (C(OH)–C–C–N with tert-alkyl or cyclic N) is 1. The van der Waals surface area contributed by atoms with Crippen LogP contribution in [0.2, 0.25) is 0 Å². The zero-order chi connectivity index (χ0) is 12.3. The van der Waals surface area contributed by atoms with Crippen molar-refractivity contribution in [3.05, 3.63) is 6.20 Å².